The fourth-order valence-corrected chi connectivity index (χ4v) is 4.65. The summed E-state index contributed by atoms with van der Waals surface area (Å²) in [5.41, 5.74) is 1.31. The Bertz CT molecular complexity index is 557. The van der Waals surface area contributed by atoms with Gasteiger partial charge in [0.2, 0.25) is 0 Å². The second-order valence-electron chi connectivity index (χ2n) is 8.00. The molecule has 0 N–H and O–H groups in total. The molecule has 1 aromatic rings. The lowest BCUT2D eigenvalue weighted by molar-refractivity contribution is 0.0696. The number of benzene rings is 1. The minimum absolute atomic E-state index is 0.700. The number of likely N-dealkylation sites (N-methyl/N-ethyl adjacent to an activating group) is 1. The van der Waals surface area contributed by atoms with Gasteiger partial charge < -0.3 is 14.4 Å². The molecular weight excluding hydrogens is 324 g/mol. The van der Waals surface area contributed by atoms with Crippen LogP contribution in [-0.4, -0.2) is 62.8 Å². The van der Waals surface area contributed by atoms with Crippen molar-refractivity contribution >= 4 is 0 Å². The molecule has 1 aliphatic heterocycles. The highest BCUT2D eigenvalue weighted by molar-refractivity contribution is 5.42. The fourth-order valence-electron chi connectivity index (χ4n) is 4.65. The Morgan fingerprint density at radius 2 is 1.77 bits per heavy atom. The van der Waals surface area contributed by atoms with E-state index in [4.69, 9.17) is 9.47 Å². The van der Waals surface area contributed by atoms with Crippen molar-refractivity contribution in [2.75, 3.05) is 40.9 Å². The molecule has 1 saturated heterocycles. The van der Waals surface area contributed by atoms with E-state index < -0.39 is 0 Å². The Balaban J connectivity index is 1.51. The summed E-state index contributed by atoms with van der Waals surface area (Å²) in [5.74, 6) is 1.63. The lowest BCUT2D eigenvalue weighted by Gasteiger charge is -2.42. The number of methoxy groups -OCH3 is 2. The second-order valence-corrected chi connectivity index (χ2v) is 8.00. The number of piperidine rings is 1. The maximum Gasteiger partial charge on any atom is 0.160 e. The Kier molecular flexibility index (Phi) is 7.21. The maximum atomic E-state index is 5.44. The van der Waals surface area contributed by atoms with Gasteiger partial charge in [0.05, 0.1) is 14.2 Å². The van der Waals surface area contributed by atoms with Crippen LogP contribution >= 0.6 is 0 Å². The molecule has 0 amide bonds. The van der Waals surface area contributed by atoms with Crippen LogP contribution in [0.5, 0.6) is 11.5 Å². The Morgan fingerprint density at radius 3 is 2.50 bits per heavy atom. The molecular formula is C22H36N2O2. The second kappa shape index (κ2) is 9.61. The van der Waals surface area contributed by atoms with Crippen molar-refractivity contribution in [3.8, 4) is 11.5 Å². The minimum Gasteiger partial charge on any atom is -0.493 e. The molecule has 0 radical (unpaired) electrons. The van der Waals surface area contributed by atoms with Crippen molar-refractivity contribution in [1.29, 1.82) is 0 Å². The van der Waals surface area contributed by atoms with Gasteiger partial charge in [-0.2, -0.15) is 0 Å². The summed E-state index contributed by atoms with van der Waals surface area (Å²) in [5, 5.41) is 0. The van der Waals surface area contributed by atoms with Gasteiger partial charge in [-0.15, -0.1) is 0 Å². The molecule has 1 aliphatic carbocycles. The highest BCUT2D eigenvalue weighted by Gasteiger charge is 2.28. The number of hydrogen-bond acceptors (Lipinski definition) is 4. The number of hydrogen-bond donors (Lipinski definition) is 0. The van der Waals surface area contributed by atoms with Gasteiger partial charge >= 0.3 is 0 Å². The van der Waals surface area contributed by atoms with E-state index in [1.54, 1.807) is 14.2 Å². The molecule has 3 rings (SSSR count). The third-order valence-electron chi connectivity index (χ3n) is 6.34. The fraction of sp³-hybridized carbons (Fsp3) is 0.727. The summed E-state index contributed by atoms with van der Waals surface area (Å²) in [6, 6.07) is 7.84. The zero-order valence-corrected chi connectivity index (χ0v) is 16.9. The van der Waals surface area contributed by atoms with Crippen molar-refractivity contribution in [2.24, 2.45) is 0 Å². The molecule has 1 aromatic carbocycles. The minimum atomic E-state index is 0.700. The lowest BCUT2D eigenvalue weighted by atomic mass is 9.92. The molecule has 2 fully saturated rings. The highest BCUT2D eigenvalue weighted by atomic mass is 16.5. The van der Waals surface area contributed by atoms with Gasteiger partial charge in [0.15, 0.2) is 11.5 Å². The van der Waals surface area contributed by atoms with Crippen molar-refractivity contribution in [3.63, 3.8) is 0 Å². The molecule has 0 aromatic heterocycles. The molecule has 1 heterocycles. The van der Waals surface area contributed by atoms with E-state index in [0.29, 0.717) is 6.04 Å². The molecule has 1 saturated carbocycles. The predicted octanol–water partition coefficient (Wildman–Crippen LogP) is 3.98. The molecule has 1 unspecified atom stereocenters. The Labute approximate surface area is 159 Å². The topological polar surface area (TPSA) is 24.9 Å². The van der Waals surface area contributed by atoms with Crippen LogP contribution in [0.25, 0.3) is 0 Å². The molecule has 146 valence electrons. The van der Waals surface area contributed by atoms with E-state index in [2.05, 4.69) is 29.0 Å². The summed E-state index contributed by atoms with van der Waals surface area (Å²) in [6.07, 6.45) is 10.9. The summed E-state index contributed by atoms with van der Waals surface area (Å²) in [4.78, 5) is 5.37. The quantitative estimate of drug-likeness (QED) is 0.734. The molecule has 26 heavy (non-hydrogen) atoms. The van der Waals surface area contributed by atoms with Crippen molar-refractivity contribution in [3.05, 3.63) is 23.8 Å². The van der Waals surface area contributed by atoms with Crippen molar-refractivity contribution in [2.45, 2.75) is 63.5 Å². The SMILES string of the molecule is COc1ccc(CCN(C)C2CCCN(C3CCCCC3)C2)cc1OC. The van der Waals surface area contributed by atoms with Crippen LogP contribution in [0.2, 0.25) is 0 Å². The van der Waals surface area contributed by atoms with Crippen molar-refractivity contribution < 1.29 is 9.47 Å². The summed E-state index contributed by atoms with van der Waals surface area (Å²) in [7, 11) is 5.69. The molecule has 1 atom stereocenters. The van der Waals surface area contributed by atoms with Crippen LogP contribution in [0.3, 0.4) is 0 Å². The largest absolute Gasteiger partial charge is 0.493 e. The molecule has 0 spiro atoms. The van der Waals surface area contributed by atoms with Gasteiger partial charge in [-0.05, 0) is 63.4 Å². The first-order valence-electron chi connectivity index (χ1n) is 10.4. The number of ether oxygens (including phenoxy) is 2. The highest BCUT2D eigenvalue weighted by Crippen LogP contribution is 2.29. The van der Waals surface area contributed by atoms with Crippen LogP contribution in [0, 0.1) is 0 Å². The van der Waals surface area contributed by atoms with Crippen molar-refractivity contribution in [1.82, 2.24) is 9.80 Å². The Morgan fingerprint density at radius 1 is 1.00 bits per heavy atom. The van der Waals surface area contributed by atoms with E-state index in [1.807, 2.05) is 6.07 Å². The van der Waals surface area contributed by atoms with Crippen LogP contribution in [0.15, 0.2) is 18.2 Å². The van der Waals surface area contributed by atoms with Crippen LogP contribution in [-0.2, 0) is 6.42 Å². The number of nitrogens with zero attached hydrogens (tertiary/aromatic N) is 2. The van der Waals surface area contributed by atoms with Gasteiger partial charge in [-0.1, -0.05) is 25.3 Å². The van der Waals surface area contributed by atoms with E-state index in [1.165, 1.54) is 63.6 Å². The average Bonchev–Trinajstić information content (AvgIpc) is 2.72. The summed E-state index contributed by atoms with van der Waals surface area (Å²) in [6.45, 7) is 3.66. The third-order valence-corrected chi connectivity index (χ3v) is 6.34. The zero-order chi connectivity index (χ0) is 18.4. The summed E-state index contributed by atoms with van der Waals surface area (Å²) < 4.78 is 10.8. The first-order chi connectivity index (χ1) is 12.7. The number of likely N-dealkylation sites (tertiary alicyclic amines) is 1. The van der Waals surface area contributed by atoms with E-state index in [0.717, 1.165) is 30.5 Å². The van der Waals surface area contributed by atoms with E-state index >= 15 is 0 Å². The van der Waals surface area contributed by atoms with Gasteiger partial charge in [0.25, 0.3) is 0 Å². The molecule has 0 bridgehead atoms. The van der Waals surface area contributed by atoms with Gasteiger partial charge in [0.1, 0.15) is 0 Å². The average molecular weight is 361 g/mol. The van der Waals surface area contributed by atoms with Crippen LogP contribution < -0.4 is 9.47 Å². The van der Waals surface area contributed by atoms with Gasteiger partial charge in [-0.25, -0.2) is 0 Å². The van der Waals surface area contributed by atoms with E-state index in [9.17, 15) is 0 Å². The summed E-state index contributed by atoms with van der Waals surface area (Å²) >= 11 is 0. The van der Waals surface area contributed by atoms with Gasteiger partial charge in [0, 0.05) is 25.2 Å². The lowest BCUT2D eigenvalue weighted by Crippen LogP contribution is -2.50. The number of rotatable bonds is 7. The zero-order valence-electron chi connectivity index (χ0n) is 16.9. The molecule has 2 aliphatic rings. The molecule has 4 heteroatoms. The van der Waals surface area contributed by atoms with Crippen LogP contribution in [0.4, 0.5) is 0 Å². The first kappa shape index (κ1) is 19.5. The maximum absolute atomic E-state index is 5.44. The smallest absolute Gasteiger partial charge is 0.160 e. The normalized spacial score (nSPS) is 22.5. The van der Waals surface area contributed by atoms with Crippen LogP contribution in [0.1, 0.15) is 50.5 Å². The predicted molar refractivity (Wildman–Crippen MR) is 107 cm³/mol. The van der Waals surface area contributed by atoms with Gasteiger partial charge in [-0.3, -0.25) is 4.90 Å². The first-order valence-corrected chi connectivity index (χ1v) is 10.4. The third kappa shape index (κ3) is 4.92. The Hall–Kier alpha value is -1.26. The molecule has 4 nitrogen and oxygen atoms in total. The van der Waals surface area contributed by atoms with E-state index in [-0.39, 0.29) is 0 Å². The standard InChI is InChI=1S/C22H36N2O2/c1-23(15-13-18-11-12-21(25-2)22(16-18)26-3)20-10-7-14-24(17-20)19-8-5-4-6-9-19/h11-12,16,19-20H,4-10,13-15,17H2,1-3H3. The monoisotopic (exact) mass is 360 g/mol.